The van der Waals surface area contributed by atoms with Crippen molar-refractivity contribution in [3.8, 4) is 0 Å². The van der Waals surface area contributed by atoms with Crippen molar-refractivity contribution < 1.29 is 0 Å². The molecule has 2 heterocycles. The highest BCUT2D eigenvalue weighted by Gasteiger charge is 2.20. The molecule has 1 aliphatic rings. The second-order valence-electron chi connectivity index (χ2n) is 7.40. The molecule has 2 rings (SSSR count). The molecule has 21 heavy (non-hydrogen) atoms. The number of hydrogen-bond acceptors (Lipinski definition) is 3. The number of unbranched alkanes of at least 4 members (excludes halogenated alkanes) is 1. The van der Waals surface area contributed by atoms with E-state index < -0.39 is 0 Å². The first-order chi connectivity index (χ1) is 9.99. The lowest BCUT2D eigenvalue weighted by atomic mass is 9.95. The molecule has 1 aromatic rings. The summed E-state index contributed by atoms with van der Waals surface area (Å²) >= 11 is 2.00. The summed E-state index contributed by atoms with van der Waals surface area (Å²) in [4.78, 5) is 5.69. The molecule has 1 aromatic heterocycles. The third-order valence-corrected chi connectivity index (χ3v) is 5.74. The standard InChI is InChI=1S/C18H32N2S/c1-5-6-12-20(13-15-8-7-11-19-15)14-16-9-10-17(21-16)18(2,3)4/h9-10,15,19H,5-8,11-14H2,1-4H3. The molecule has 3 heteroatoms. The minimum Gasteiger partial charge on any atom is -0.313 e. The maximum atomic E-state index is 3.64. The van der Waals surface area contributed by atoms with E-state index in [0.29, 0.717) is 6.04 Å². The van der Waals surface area contributed by atoms with Crippen molar-refractivity contribution in [3.63, 3.8) is 0 Å². The Labute approximate surface area is 134 Å². The van der Waals surface area contributed by atoms with Gasteiger partial charge in [-0.1, -0.05) is 34.1 Å². The molecule has 0 saturated carbocycles. The van der Waals surface area contributed by atoms with Gasteiger partial charge in [0.2, 0.25) is 0 Å². The van der Waals surface area contributed by atoms with Gasteiger partial charge in [-0.25, -0.2) is 0 Å². The minimum atomic E-state index is 0.282. The maximum Gasteiger partial charge on any atom is 0.0328 e. The summed E-state index contributed by atoms with van der Waals surface area (Å²) in [6, 6.07) is 5.38. The summed E-state index contributed by atoms with van der Waals surface area (Å²) in [5.41, 5.74) is 0.282. The van der Waals surface area contributed by atoms with Gasteiger partial charge < -0.3 is 5.32 Å². The predicted octanol–water partition coefficient (Wildman–Crippen LogP) is 4.40. The molecule has 1 aliphatic heterocycles. The topological polar surface area (TPSA) is 15.3 Å². The van der Waals surface area contributed by atoms with E-state index in [9.17, 15) is 0 Å². The van der Waals surface area contributed by atoms with Crippen molar-refractivity contribution in [3.05, 3.63) is 21.9 Å². The Morgan fingerprint density at radius 3 is 2.71 bits per heavy atom. The number of nitrogens with one attached hydrogen (secondary N) is 1. The van der Waals surface area contributed by atoms with Crippen LogP contribution in [-0.4, -0.2) is 30.6 Å². The minimum absolute atomic E-state index is 0.282. The highest BCUT2D eigenvalue weighted by molar-refractivity contribution is 7.12. The molecule has 0 amide bonds. The van der Waals surface area contributed by atoms with Gasteiger partial charge in [-0.3, -0.25) is 4.90 Å². The lowest BCUT2D eigenvalue weighted by Gasteiger charge is -2.25. The third-order valence-electron chi connectivity index (χ3n) is 4.25. The highest BCUT2D eigenvalue weighted by Crippen LogP contribution is 2.30. The zero-order chi connectivity index (χ0) is 15.3. The van der Waals surface area contributed by atoms with Crippen LogP contribution in [0.2, 0.25) is 0 Å². The van der Waals surface area contributed by atoms with E-state index in [4.69, 9.17) is 0 Å². The lowest BCUT2D eigenvalue weighted by molar-refractivity contribution is 0.239. The first kappa shape index (κ1) is 17.0. The number of nitrogens with zero attached hydrogens (tertiary/aromatic N) is 1. The fraction of sp³-hybridized carbons (Fsp3) is 0.778. The molecule has 1 saturated heterocycles. The van der Waals surface area contributed by atoms with Crippen LogP contribution in [0.3, 0.4) is 0 Å². The average Bonchev–Trinajstić information content (AvgIpc) is 3.06. The normalized spacial score (nSPS) is 19.6. The first-order valence-corrected chi connectivity index (χ1v) is 9.35. The van der Waals surface area contributed by atoms with Crippen molar-refractivity contribution in [1.29, 1.82) is 0 Å². The summed E-state index contributed by atoms with van der Waals surface area (Å²) in [7, 11) is 0. The second kappa shape index (κ2) is 7.75. The second-order valence-corrected chi connectivity index (χ2v) is 8.57. The smallest absolute Gasteiger partial charge is 0.0328 e. The van der Waals surface area contributed by atoms with E-state index >= 15 is 0 Å². The monoisotopic (exact) mass is 308 g/mol. The Bertz CT molecular complexity index is 413. The highest BCUT2D eigenvalue weighted by atomic mass is 32.1. The van der Waals surface area contributed by atoms with Gasteiger partial charge in [0.25, 0.3) is 0 Å². The van der Waals surface area contributed by atoms with E-state index in [0.717, 1.165) is 6.54 Å². The van der Waals surface area contributed by atoms with E-state index in [1.54, 1.807) is 0 Å². The molecule has 1 unspecified atom stereocenters. The molecule has 120 valence electrons. The maximum absolute atomic E-state index is 3.64. The van der Waals surface area contributed by atoms with Crippen LogP contribution < -0.4 is 5.32 Å². The predicted molar refractivity (Wildman–Crippen MR) is 94.2 cm³/mol. The van der Waals surface area contributed by atoms with Gasteiger partial charge in [0.05, 0.1) is 0 Å². The summed E-state index contributed by atoms with van der Waals surface area (Å²) in [6.07, 6.45) is 5.29. The van der Waals surface area contributed by atoms with Crippen LogP contribution in [0.15, 0.2) is 12.1 Å². The van der Waals surface area contributed by atoms with Crippen LogP contribution in [0, 0.1) is 0 Å². The van der Waals surface area contributed by atoms with Gasteiger partial charge in [0.1, 0.15) is 0 Å². The first-order valence-electron chi connectivity index (χ1n) is 8.54. The summed E-state index contributed by atoms with van der Waals surface area (Å²) in [5, 5.41) is 3.64. The number of rotatable bonds is 7. The zero-order valence-corrected chi connectivity index (χ0v) is 15.1. The summed E-state index contributed by atoms with van der Waals surface area (Å²) in [6.45, 7) is 14.0. The van der Waals surface area contributed by atoms with Crippen LogP contribution in [-0.2, 0) is 12.0 Å². The van der Waals surface area contributed by atoms with Crippen molar-refractivity contribution in [2.24, 2.45) is 0 Å². The van der Waals surface area contributed by atoms with Crippen molar-refractivity contribution >= 4 is 11.3 Å². The van der Waals surface area contributed by atoms with Gasteiger partial charge in [-0.15, -0.1) is 11.3 Å². The molecule has 1 atom stereocenters. The Balaban J connectivity index is 1.94. The van der Waals surface area contributed by atoms with Gasteiger partial charge in [-0.2, -0.15) is 0 Å². The van der Waals surface area contributed by atoms with Crippen molar-refractivity contribution in [2.45, 2.75) is 71.4 Å². The molecule has 0 bridgehead atoms. The van der Waals surface area contributed by atoms with E-state index in [-0.39, 0.29) is 5.41 Å². The summed E-state index contributed by atoms with van der Waals surface area (Å²) in [5.74, 6) is 0. The van der Waals surface area contributed by atoms with Crippen LogP contribution in [0.1, 0.15) is 63.1 Å². The van der Waals surface area contributed by atoms with Crippen LogP contribution in [0.5, 0.6) is 0 Å². The lowest BCUT2D eigenvalue weighted by Crippen LogP contribution is -2.37. The molecule has 0 aliphatic carbocycles. The largest absolute Gasteiger partial charge is 0.313 e. The number of hydrogen-bond donors (Lipinski definition) is 1. The van der Waals surface area contributed by atoms with Gasteiger partial charge in [0.15, 0.2) is 0 Å². The molecule has 2 nitrogen and oxygen atoms in total. The number of thiophene rings is 1. The fourth-order valence-corrected chi connectivity index (χ4v) is 4.04. The van der Waals surface area contributed by atoms with Gasteiger partial charge in [-0.05, 0) is 49.9 Å². The molecule has 1 N–H and O–H groups in total. The zero-order valence-electron chi connectivity index (χ0n) is 14.2. The van der Waals surface area contributed by atoms with Crippen LogP contribution >= 0.6 is 11.3 Å². The molecule has 0 aromatic carbocycles. The van der Waals surface area contributed by atoms with Crippen LogP contribution in [0.25, 0.3) is 0 Å². The Kier molecular flexibility index (Phi) is 6.27. The van der Waals surface area contributed by atoms with Gasteiger partial charge >= 0.3 is 0 Å². The van der Waals surface area contributed by atoms with E-state index in [1.807, 2.05) is 11.3 Å². The van der Waals surface area contributed by atoms with Gasteiger partial charge in [0, 0.05) is 28.9 Å². The quantitative estimate of drug-likeness (QED) is 0.803. The third kappa shape index (κ3) is 5.39. The Morgan fingerprint density at radius 1 is 1.33 bits per heavy atom. The molecule has 0 radical (unpaired) electrons. The molecular formula is C18H32N2S. The molecule has 0 spiro atoms. The van der Waals surface area contributed by atoms with E-state index in [1.165, 1.54) is 55.1 Å². The van der Waals surface area contributed by atoms with Crippen molar-refractivity contribution in [1.82, 2.24) is 10.2 Å². The summed E-state index contributed by atoms with van der Waals surface area (Å²) < 4.78 is 0. The van der Waals surface area contributed by atoms with E-state index in [2.05, 4.69) is 50.0 Å². The fourth-order valence-electron chi connectivity index (χ4n) is 2.93. The Morgan fingerprint density at radius 2 is 2.14 bits per heavy atom. The van der Waals surface area contributed by atoms with Crippen LogP contribution in [0.4, 0.5) is 0 Å². The molecular weight excluding hydrogens is 276 g/mol. The Hall–Kier alpha value is -0.380. The SMILES string of the molecule is CCCCN(Cc1ccc(C(C)(C)C)s1)CC1CCCN1. The average molecular weight is 309 g/mol. The van der Waals surface area contributed by atoms with Crippen molar-refractivity contribution in [2.75, 3.05) is 19.6 Å². The molecule has 1 fully saturated rings.